The largest absolute Gasteiger partial charge is 0.478 e. The van der Waals surface area contributed by atoms with Gasteiger partial charge in [0.15, 0.2) is 0 Å². The van der Waals surface area contributed by atoms with E-state index in [0.717, 1.165) is 0 Å². The van der Waals surface area contributed by atoms with E-state index in [1.165, 1.54) is 18.2 Å². The van der Waals surface area contributed by atoms with Crippen molar-refractivity contribution in [2.45, 2.75) is 13.1 Å². The number of carbonyl (C=O) groups is 1. The number of aromatic carboxylic acids is 1. The summed E-state index contributed by atoms with van der Waals surface area (Å²) in [5, 5.41) is 16.9. The molecule has 0 bridgehead atoms. The Balaban J connectivity index is 2.20. The zero-order valence-electron chi connectivity index (χ0n) is 10.0. The summed E-state index contributed by atoms with van der Waals surface area (Å²) < 4.78 is 37.1. The maximum Gasteiger partial charge on any atom is 0.445 e. The molecule has 0 spiro atoms. The summed E-state index contributed by atoms with van der Waals surface area (Å²) in [6, 6.07) is 4.33. The molecule has 5 nitrogen and oxygen atoms in total. The van der Waals surface area contributed by atoms with E-state index in [9.17, 15) is 18.0 Å². The average Bonchev–Trinajstić information content (AvgIpc) is 2.76. The quantitative estimate of drug-likeness (QED) is 0.910. The number of carboxylic acid groups (broad SMARTS) is 1. The molecular weight excluding hydrogens is 295 g/mol. The van der Waals surface area contributed by atoms with Crippen LogP contribution in [0.3, 0.4) is 0 Å². The third-order valence-corrected chi connectivity index (χ3v) is 3.26. The van der Waals surface area contributed by atoms with Gasteiger partial charge in [-0.05, 0) is 30.7 Å². The summed E-state index contributed by atoms with van der Waals surface area (Å²) in [5.41, 5.74) is 1.06. The number of nitrogens with zero attached hydrogens (tertiary/aromatic N) is 2. The van der Waals surface area contributed by atoms with Crippen molar-refractivity contribution in [2.24, 2.45) is 0 Å². The minimum absolute atomic E-state index is 0.0141. The van der Waals surface area contributed by atoms with Crippen LogP contribution >= 0.6 is 11.3 Å². The lowest BCUT2D eigenvalue weighted by Crippen LogP contribution is -2.03. The Bertz CT molecular complexity index is 655. The Kier molecular flexibility index (Phi) is 3.62. The second kappa shape index (κ2) is 5.08. The number of alkyl halides is 3. The number of anilines is 2. The summed E-state index contributed by atoms with van der Waals surface area (Å²) in [5.74, 6) is -1.07. The molecule has 1 aromatic carbocycles. The molecule has 106 valence electrons. The fraction of sp³-hybridized carbons (Fsp3) is 0.182. The standard InChI is InChI=1S/C11H8F3N3O2S/c1-5-4-6(2-3-7(5)8(18)19)15-10-17-16-9(20-10)11(12,13)14/h2-4H,1H3,(H,15,17)(H,18,19). The summed E-state index contributed by atoms with van der Waals surface area (Å²) in [7, 11) is 0. The first-order chi connectivity index (χ1) is 9.27. The maximum absolute atomic E-state index is 12.4. The van der Waals surface area contributed by atoms with E-state index in [1.807, 2.05) is 0 Å². The van der Waals surface area contributed by atoms with Gasteiger partial charge in [0, 0.05) is 5.69 Å². The fourth-order valence-electron chi connectivity index (χ4n) is 1.49. The second-order valence-electron chi connectivity index (χ2n) is 3.87. The molecule has 2 N–H and O–H groups in total. The lowest BCUT2D eigenvalue weighted by Gasteiger charge is -2.05. The molecule has 0 unspecified atom stereocenters. The van der Waals surface area contributed by atoms with Crippen LogP contribution in [-0.2, 0) is 6.18 Å². The molecule has 0 aliphatic carbocycles. The van der Waals surface area contributed by atoms with Crippen molar-refractivity contribution in [3.05, 3.63) is 34.3 Å². The third-order valence-electron chi connectivity index (χ3n) is 2.38. The normalized spacial score (nSPS) is 11.4. The highest BCUT2D eigenvalue weighted by molar-refractivity contribution is 7.15. The molecule has 0 radical (unpaired) electrons. The molecule has 1 aromatic heterocycles. The molecule has 2 aromatic rings. The van der Waals surface area contributed by atoms with Gasteiger partial charge in [0.2, 0.25) is 10.1 Å². The van der Waals surface area contributed by atoms with E-state index in [-0.39, 0.29) is 10.7 Å². The highest BCUT2D eigenvalue weighted by atomic mass is 32.1. The molecular formula is C11H8F3N3O2S. The lowest BCUT2D eigenvalue weighted by atomic mass is 10.1. The number of hydrogen-bond acceptors (Lipinski definition) is 5. The van der Waals surface area contributed by atoms with Crippen molar-refractivity contribution < 1.29 is 23.1 Å². The summed E-state index contributed by atoms with van der Waals surface area (Å²) >= 11 is 0.376. The van der Waals surface area contributed by atoms with Crippen LogP contribution in [0.2, 0.25) is 0 Å². The first kappa shape index (κ1) is 14.3. The predicted molar refractivity (Wildman–Crippen MR) is 66.3 cm³/mol. The van der Waals surface area contributed by atoms with Gasteiger partial charge in [0.25, 0.3) is 0 Å². The second-order valence-corrected chi connectivity index (χ2v) is 4.85. The van der Waals surface area contributed by atoms with Gasteiger partial charge in [0.05, 0.1) is 5.56 Å². The smallest absolute Gasteiger partial charge is 0.445 e. The van der Waals surface area contributed by atoms with Gasteiger partial charge in [-0.2, -0.15) is 13.2 Å². The van der Waals surface area contributed by atoms with Crippen molar-refractivity contribution in [1.82, 2.24) is 10.2 Å². The topological polar surface area (TPSA) is 75.1 Å². The number of halogens is 3. The van der Waals surface area contributed by atoms with Gasteiger partial charge in [-0.25, -0.2) is 4.79 Å². The Hall–Kier alpha value is -2.16. The van der Waals surface area contributed by atoms with Gasteiger partial charge in [-0.15, -0.1) is 10.2 Å². The van der Waals surface area contributed by atoms with Crippen molar-refractivity contribution in [1.29, 1.82) is 0 Å². The highest BCUT2D eigenvalue weighted by Crippen LogP contribution is 2.34. The van der Waals surface area contributed by atoms with Crippen LogP contribution in [0.25, 0.3) is 0 Å². The van der Waals surface area contributed by atoms with Crippen LogP contribution in [0.15, 0.2) is 18.2 Å². The minimum atomic E-state index is -4.53. The Morgan fingerprint density at radius 2 is 2.05 bits per heavy atom. The Morgan fingerprint density at radius 1 is 1.35 bits per heavy atom. The van der Waals surface area contributed by atoms with Gasteiger partial charge in [-0.3, -0.25) is 0 Å². The summed E-state index contributed by atoms with van der Waals surface area (Å²) in [4.78, 5) is 10.8. The number of aryl methyl sites for hydroxylation is 1. The molecule has 0 aliphatic rings. The van der Waals surface area contributed by atoms with Crippen LogP contribution in [0, 0.1) is 6.92 Å². The zero-order valence-corrected chi connectivity index (χ0v) is 10.8. The van der Waals surface area contributed by atoms with E-state index in [4.69, 9.17) is 5.11 Å². The Labute approximate surface area is 115 Å². The number of carboxylic acids is 1. The number of rotatable bonds is 3. The first-order valence-electron chi connectivity index (χ1n) is 5.29. The fourth-order valence-corrected chi connectivity index (χ4v) is 2.12. The van der Waals surface area contributed by atoms with Crippen LogP contribution in [0.4, 0.5) is 24.0 Å². The van der Waals surface area contributed by atoms with E-state index < -0.39 is 17.2 Å². The van der Waals surface area contributed by atoms with E-state index in [2.05, 4.69) is 15.5 Å². The van der Waals surface area contributed by atoms with Crippen LogP contribution in [-0.4, -0.2) is 21.3 Å². The molecule has 20 heavy (non-hydrogen) atoms. The van der Waals surface area contributed by atoms with Crippen molar-refractivity contribution >= 4 is 28.1 Å². The molecule has 2 rings (SSSR count). The van der Waals surface area contributed by atoms with Crippen molar-refractivity contribution in [3.8, 4) is 0 Å². The molecule has 9 heteroatoms. The van der Waals surface area contributed by atoms with E-state index in [1.54, 1.807) is 6.92 Å². The third kappa shape index (κ3) is 3.05. The van der Waals surface area contributed by atoms with Gasteiger partial charge < -0.3 is 10.4 Å². The van der Waals surface area contributed by atoms with Gasteiger partial charge in [-0.1, -0.05) is 11.3 Å². The molecule has 0 saturated heterocycles. The minimum Gasteiger partial charge on any atom is -0.478 e. The molecule has 0 aliphatic heterocycles. The predicted octanol–water partition coefficient (Wildman–Crippen LogP) is 3.31. The molecule has 0 fully saturated rings. The van der Waals surface area contributed by atoms with Crippen LogP contribution in [0.1, 0.15) is 20.9 Å². The van der Waals surface area contributed by atoms with Gasteiger partial charge in [0.1, 0.15) is 0 Å². The van der Waals surface area contributed by atoms with Gasteiger partial charge >= 0.3 is 12.1 Å². The van der Waals surface area contributed by atoms with Crippen LogP contribution < -0.4 is 5.32 Å². The van der Waals surface area contributed by atoms with Crippen molar-refractivity contribution in [2.75, 3.05) is 5.32 Å². The average molecular weight is 303 g/mol. The molecule has 0 amide bonds. The summed E-state index contributed by atoms with van der Waals surface area (Å²) in [6.07, 6.45) is -4.53. The van der Waals surface area contributed by atoms with Crippen molar-refractivity contribution in [3.63, 3.8) is 0 Å². The Morgan fingerprint density at radius 3 is 2.55 bits per heavy atom. The van der Waals surface area contributed by atoms with E-state index >= 15 is 0 Å². The van der Waals surface area contributed by atoms with E-state index in [0.29, 0.717) is 22.6 Å². The SMILES string of the molecule is Cc1cc(Nc2nnc(C(F)(F)F)s2)ccc1C(=O)O. The molecule has 0 saturated carbocycles. The van der Waals surface area contributed by atoms with Crippen LogP contribution in [0.5, 0.6) is 0 Å². The maximum atomic E-state index is 12.4. The number of aromatic nitrogens is 2. The monoisotopic (exact) mass is 303 g/mol. The molecule has 1 heterocycles. The molecule has 0 atom stereocenters. The lowest BCUT2D eigenvalue weighted by molar-refractivity contribution is -0.138. The first-order valence-corrected chi connectivity index (χ1v) is 6.10. The summed E-state index contributed by atoms with van der Waals surface area (Å²) in [6.45, 7) is 1.59. The number of hydrogen-bond donors (Lipinski definition) is 2. The zero-order chi connectivity index (χ0) is 14.9. The number of nitrogens with one attached hydrogen (secondary N) is 1. The highest BCUT2D eigenvalue weighted by Gasteiger charge is 2.35. The number of benzene rings is 1.